The van der Waals surface area contributed by atoms with Gasteiger partial charge in [-0.2, -0.15) is 0 Å². The Balaban J connectivity index is 2.34. The van der Waals surface area contributed by atoms with Gasteiger partial charge in [-0.3, -0.25) is 4.79 Å². The third kappa shape index (κ3) is 2.45. The van der Waals surface area contributed by atoms with E-state index in [1.807, 2.05) is 7.05 Å². The van der Waals surface area contributed by atoms with Crippen LogP contribution < -0.4 is 0 Å². The van der Waals surface area contributed by atoms with Gasteiger partial charge in [0, 0.05) is 25.5 Å². The summed E-state index contributed by atoms with van der Waals surface area (Å²) in [5, 5.41) is 0.821. The molecular formula is C8H14BrNO2. The summed E-state index contributed by atoms with van der Waals surface area (Å²) in [6.07, 6.45) is 1.72. The molecule has 0 spiro atoms. The number of rotatable bonds is 3. The Morgan fingerprint density at radius 1 is 1.75 bits per heavy atom. The van der Waals surface area contributed by atoms with Gasteiger partial charge in [0.25, 0.3) is 5.91 Å². The average Bonchev–Trinajstić information content (AvgIpc) is 2.55. The van der Waals surface area contributed by atoms with Crippen molar-refractivity contribution in [3.05, 3.63) is 0 Å². The van der Waals surface area contributed by atoms with Crippen molar-refractivity contribution in [2.75, 3.05) is 25.5 Å². The van der Waals surface area contributed by atoms with Crippen molar-refractivity contribution in [1.82, 2.24) is 4.90 Å². The van der Waals surface area contributed by atoms with Gasteiger partial charge >= 0.3 is 0 Å². The van der Waals surface area contributed by atoms with Gasteiger partial charge in [-0.1, -0.05) is 15.9 Å². The fraction of sp³-hybridized carbons (Fsp3) is 0.875. The van der Waals surface area contributed by atoms with E-state index in [1.165, 1.54) is 0 Å². The molecule has 1 amide bonds. The fourth-order valence-electron chi connectivity index (χ4n) is 1.26. The molecule has 0 saturated carbocycles. The minimum atomic E-state index is -0.172. The van der Waals surface area contributed by atoms with Gasteiger partial charge in [0.15, 0.2) is 0 Å². The molecule has 4 heteroatoms. The van der Waals surface area contributed by atoms with Crippen molar-refractivity contribution >= 4 is 21.8 Å². The molecule has 0 bridgehead atoms. The monoisotopic (exact) mass is 235 g/mol. The maximum absolute atomic E-state index is 11.5. The lowest BCUT2D eigenvalue weighted by Crippen LogP contribution is -2.37. The number of hydrogen-bond donors (Lipinski definition) is 0. The summed E-state index contributed by atoms with van der Waals surface area (Å²) in [6, 6.07) is 0. The van der Waals surface area contributed by atoms with Crippen LogP contribution in [-0.2, 0) is 9.53 Å². The molecular weight excluding hydrogens is 222 g/mol. The van der Waals surface area contributed by atoms with Crippen molar-refractivity contribution in [1.29, 1.82) is 0 Å². The number of ether oxygens (including phenoxy) is 1. The molecule has 0 N–H and O–H groups in total. The molecule has 3 nitrogen and oxygen atoms in total. The quantitative estimate of drug-likeness (QED) is 0.684. The summed E-state index contributed by atoms with van der Waals surface area (Å²) < 4.78 is 5.28. The standard InChI is InChI=1S/C8H14BrNO2/c1-10(5-4-9)8(11)7-3-2-6-12-7/h7H,2-6H2,1H3. The number of carbonyl (C=O) groups excluding carboxylic acids is 1. The molecule has 1 saturated heterocycles. The summed E-state index contributed by atoms with van der Waals surface area (Å²) in [5.41, 5.74) is 0. The van der Waals surface area contributed by atoms with Crippen molar-refractivity contribution in [2.45, 2.75) is 18.9 Å². The van der Waals surface area contributed by atoms with E-state index in [2.05, 4.69) is 15.9 Å². The highest BCUT2D eigenvalue weighted by Crippen LogP contribution is 2.13. The smallest absolute Gasteiger partial charge is 0.251 e. The van der Waals surface area contributed by atoms with Gasteiger partial charge in [-0.05, 0) is 12.8 Å². The largest absolute Gasteiger partial charge is 0.368 e. The summed E-state index contributed by atoms with van der Waals surface area (Å²) in [5.74, 6) is 0.118. The molecule has 1 fully saturated rings. The first-order valence-electron chi connectivity index (χ1n) is 4.18. The summed E-state index contributed by atoms with van der Waals surface area (Å²) in [7, 11) is 1.81. The van der Waals surface area contributed by atoms with Gasteiger partial charge in [0.1, 0.15) is 6.10 Å². The molecule has 0 aromatic carbocycles. The number of carbonyl (C=O) groups is 1. The van der Waals surface area contributed by atoms with E-state index in [4.69, 9.17) is 4.74 Å². The lowest BCUT2D eigenvalue weighted by atomic mass is 10.2. The molecule has 0 radical (unpaired) electrons. The fourth-order valence-corrected chi connectivity index (χ4v) is 1.79. The molecule has 1 heterocycles. The van der Waals surface area contributed by atoms with Gasteiger partial charge in [0.2, 0.25) is 0 Å². The minimum Gasteiger partial charge on any atom is -0.368 e. The summed E-state index contributed by atoms with van der Waals surface area (Å²) in [6.45, 7) is 1.48. The highest BCUT2D eigenvalue weighted by atomic mass is 79.9. The van der Waals surface area contributed by atoms with Crippen LogP contribution in [0.3, 0.4) is 0 Å². The van der Waals surface area contributed by atoms with Crippen molar-refractivity contribution in [3.8, 4) is 0 Å². The Kier molecular flexibility index (Phi) is 4.01. The molecule has 1 rings (SSSR count). The molecule has 1 aliphatic rings. The van der Waals surface area contributed by atoms with Gasteiger partial charge in [-0.15, -0.1) is 0 Å². The zero-order valence-corrected chi connectivity index (χ0v) is 8.84. The van der Waals surface area contributed by atoms with Crippen LogP contribution in [0.4, 0.5) is 0 Å². The molecule has 70 valence electrons. The zero-order valence-electron chi connectivity index (χ0n) is 7.25. The number of alkyl halides is 1. The lowest BCUT2D eigenvalue weighted by molar-refractivity contribution is -0.139. The second-order valence-electron chi connectivity index (χ2n) is 2.95. The second-order valence-corrected chi connectivity index (χ2v) is 3.74. The van der Waals surface area contributed by atoms with Crippen LogP contribution in [0.15, 0.2) is 0 Å². The van der Waals surface area contributed by atoms with Crippen LogP contribution in [0.25, 0.3) is 0 Å². The normalized spacial score (nSPS) is 22.7. The molecule has 1 unspecified atom stereocenters. The Hall–Kier alpha value is -0.0900. The molecule has 0 aromatic rings. The van der Waals surface area contributed by atoms with Crippen LogP contribution in [0, 0.1) is 0 Å². The van der Waals surface area contributed by atoms with Crippen molar-refractivity contribution in [2.24, 2.45) is 0 Å². The second kappa shape index (κ2) is 4.82. The van der Waals surface area contributed by atoms with Gasteiger partial charge in [0.05, 0.1) is 0 Å². The number of likely N-dealkylation sites (N-methyl/N-ethyl adjacent to an activating group) is 1. The van der Waals surface area contributed by atoms with Gasteiger partial charge in [-0.25, -0.2) is 0 Å². The van der Waals surface area contributed by atoms with Crippen LogP contribution in [-0.4, -0.2) is 42.4 Å². The summed E-state index contributed by atoms with van der Waals surface area (Å²) >= 11 is 3.29. The maximum Gasteiger partial charge on any atom is 0.251 e. The van der Waals surface area contributed by atoms with Crippen LogP contribution in [0.2, 0.25) is 0 Å². The first-order valence-corrected chi connectivity index (χ1v) is 5.30. The molecule has 1 aliphatic heterocycles. The first kappa shape index (κ1) is 9.99. The summed E-state index contributed by atoms with van der Waals surface area (Å²) in [4.78, 5) is 13.2. The predicted octanol–water partition coefficient (Wildman–Crippen LogP) is 1.02. The Bertz CT molecular complexity index is 157. The minimum absolute atomic E-state index is 0.118. The third-order valence-corrected chi connectivity index (χ3v) is 2.36. The Morgan fingerprint density at radius 3 is 3.00 bits per heavy atom. The number of amides is 1. The highest BCUT2D eigenvalue weighted by molar-refractivity contribution is 9.09. The first-order chi connectivity index (χ1) is 5.75. The zero-order chi connectivity index (χ0) is 8.97. The topological polar surface area (TPSA) is 29.5 Å². The van der Waals surface area contributed by atoms with E-state index in [-0.39, 0.29) is 12.0 Å². The highest BCUT2D eigenvalue weighted by Gasteiger charge is 2.25. The molecule has 0 aromatic heterocycles. The van der Waals surface area contributed by atoms with E-state index in [9.17, 15) is 4.79 Å². The Labute approximate surface area is 81.2 Å². The van der Waals surface area contributed by atoms with E-state index in [1.54, 1.807) is 4.90 Å². The van der Waals surface area contributed by atoms with Crippen LogP contribution in [0.5, 0.6) is 0 Å². The van der Waals surface area contributed by atoms with E-state index >= 15 is 0 Å². The molecule has 12 heavy (non-hydrogen) atoms. The average molecular weight is 236 g/mol. The maximum atomic E-state index is 11.5. The SMILES string of the molecule is CN(CCBr)C(=O)C1CCCO1. The Morgan fingerprint density at radius 2 is 2.50 bits per heavy atom. The number of nitrogens with zero attached hydrogens (tertiary/aromatic N) is 1. The van der Waals surface area contributed by atoms with E-state index in [0.29, 0.717) is 0 Å². The van der Waals surface area contributed by atoms with E-state index < -0.39 is 0 Å². The lowest BCUT2D eigenvalue weighted by Gasteiger charge is -2.19. The van der Waals surface area contributed by atoms with Crippen molar-refractivity contribution < 1.29 is 9.53 Å². The van der Waals surface area contributed by atoms with E-state index in [0.717, 1.165) is 31.3 Å². The third-order valence-electron chi connectivity index (χ3n) is 2.00. The number of hydrogen-bond acceptors (Lipinski definition) is 2. The van der Waals surface area contributed by atoms with Crippen LogP contribution in [0.1, 0.15) is 12.8 Å². The predicted molar refractivity (Wildman–Crippen MR) is 50.4 cm³/mol. The van der Waals surface area contributed by atoms with Crippen molar-refractivity contribution in [3.63, 3.8) is 0 Å². The van der Waals surface area contributed by atoms with Crippen LogP contribution >= 0.6 is 15.9 Å². The molecule has 0 aliphatic carbocycles. The molecule has 1 atom stereocenters. The number of halogens is 1. The van der Waals surface area contributed by atoms with Gasteiger partial charge < -0.3 is 9.64 Å².